The summed E-state index contributed by atoms with van der Waals surface area (Å²) in [7, 11) is 14.6. The van der Waals surface area contributed by atoms with E-state index in [1.807, 2.05) is 14.1 Å². The van der Waals surface area contributed by atoms with Crippen LogP contribution in [0, 0.1) is 0 Å². The Labute approximate surface area is 213 Å². The first-order valence-electron chi connectivity index (χ1n) is 10.7. The highest BCUT2D eigenvalue weighted by Gasteiger charge is 2.14. The molecular formula is C18H40N2O6S4Si2. The van der Waals surface area contributed by atoms with Gasteiger partial charge in [-0.05, 0) is 32.5 Å². The molecule has 0 aliphatic rings. The molecule has 0 aromatic heterocycles. The smallest absolute Gasteiger partial charge is 0.292 e. The minimum Gasteiger partial charge on any atom is -0.360 e. The van der Waals surface area contributed by atoms with Crippen LogP contribution in [-0.2, 0) is 18.9 Å². The minimum absolute atomic E-state index is 0.0104. The molecule has 0 radical (unpaired) electrons. The summed E-state index contributed by atoms with van der Waals surface area (Å²) in [5, 5.41) is 0.0322. The van der Waals surface area contributed by atoms with Crippen molar-refractivity contribution in [1.82, 2.24) is 9.80 Å². The first-order chi connectivity index (χ1) is 15.4. The highest BCUT2D eigenvalue weighted by atomic mass is 33.7. The van der Waals surface area contributed by atoms with Crippen LogP contribution in [0.25, 0.3) is 0 Å². The Hall–Kier alpha value is 0.614. The van der Waals surface area contributed by atoms with Gasteiger partial charge < -0.3 is 28.7 Å². The summed E-state index contributed by atoms with van der Waals surface area (Å²) in [6.07, 6.45) is 4.12. The van der Waals surface area contributed by atoms with Crippen LogP contribution in [0.2, 0.25) is 12.1 Å². The van der Waals surface area contributed by atoms with Crippen molar-refractivity contribution < 1.29 is 28.5 Å². The predicted molar refractivity (Wildman–Crippen MR) is 147 cm³/mol. The molecule has 0 N–H and O–H groups in total. The van der Waals surface area contributed by atoms with Gasteiger partial charge in [-0.3, -0.25) is 9.59 Å². The SMILES string of the molecule is COC(OC)[SiH2]CCCCN(C)C(=O)SSSSC(=O)N(C)CCCC[SiH2]C(OC)OC. The van der Waals surface area contributed by atoms with Crippen molar-refractivity contribution in [2.24, 2.45) is 0 Å². The standard InChI is InChI=1S/C18H40N2O6S4Si2/c1-19(11-7-9-13-31-17(23-3)24-4)15(21)27-29-30-28-16(22)20(2)12-8-10-14-32-18(25-5)26-6/h17-18H,7-14,31-32H2,1-6H3. The van der Waals surface area contributed by atoms with Crippen LogP contribution in [0.3, 0.4) is 0 Å². The number of methoxy groups -OCH3 is 4. The van der Waals surface area contributed by atoms with Crippen molar-refractivity contribution in [3.05, 3.63) is 0 Å². The fraction of sp³-hybridized carbons (Fsp3) is 0.889. The third-order valence-electron chi connectivity index (χ3n) is 4.78. The number of unbranched alkanes of at least 4 members (excludes halogenated alkanes) is 2. The third-order valence-corrected chi connectivity index (χ3v) is 14.6. The van der Waals surface area contributed by atoms with Crippen LogP contribution in [0.5, 0.6) is 0 Å². The maximum atomic E-state index is 12.2. The molecule has 32 heavy (non-hydrogen) atoms. The normalized spacial score (nSPS) is 12.1. The second kappa shape index (κ2) is 22.1. The van der Waals surface area contributed by atoms with E-state index in [1.165, 1.54) is 41.2 Å². The zero-order valence-electron chi connectivity index (χ0n) is 20.2. The van der Waals surface area contributed by atoms with Crippen LogP contribution >= 0.6 is 41.2 Å². The number of hydrogen-bond acceptors (Lipinski definition) is 10. The summed E-state index contributed by atoms with van der Waals surface area (Å²) in [5.41, 5.74) is 0. The van der Waals surface area contributed by atoms with Gasteiger partial charge in [-0.25, -0.2) is 0 Å². The lowest BCUT2D eigenvalue weighted by atomic mass is 10.3. The molecule has 190 valence electrons. The van der Waals surface area contributed by atoms with E-state index in [0.29, 0.717) is 0 Å². The number of amides is 2. The fourth-order valence-corrected chi connectivity index (χ4v) is 10.6. The van der Waals surface area contributed by atoms with E-state index < -0.39 is 19.0 Å². The van der Waals surface area contributed by atoms with Gasteiger partial charge in [0.1, 0.15) is 11.8 Å². The van der Waals surface area contributed by atoms with Gasteiger partial charge in [-0.1, -0.05) is 24.9 Å². The number of hydrogen-bond donors (Lipinski definition) is 0. The van der Waals surface area contributed by atoms with E-state index in [4.69, 9.17) is 18.9 Å². The lowest BCUT2D eigenvalue weighted by Crippen LogP contribution is -2.24. The molecule has 0 aliphatic heterocycles. The second-order valence-corrected chi connectivity index (χ2v) is 16.7. The molecule has 0 atom stereocenters. The maximum Gasteiger partial charge on any atom is 0.292 e. The van der Waals surface area contributed by atoms with Gasteiger partial charge in [-0.2, -0.15) is 0 Å². The topological polar surface area (TPSA) is 77.5 Å². The molecule has 14 heteroatoms. The van der Waals surface area contributed by atoms with Crippen molar-refractivity contribution >= 4 is 70.8 Å². The molecule has 0 aromatic carbocycles. The highest BCUT2D eigenvalue weighted by molar-refractivity contribution is 9.28. The van der Waals surface area contributed by atoms with E-state index in [9.17, 15) is 9.59 Å². The van der Waals surface area contributed by atoms with Crippen LogP contribution in [0.4, 0.5) is 9.59 Å². The number of carbonyl (C=O) groups is 2. The second-order valence-electron chi connectivity index (χ2n) is 7.18. The maximum absolute atomic E-state index is 12.2. The van der Waals surface area contributed by atoms with Gasteiger partial charge >= 0.3 is 0 Å². The average Bonchev–Trinajstić information content (AvgIpc) is 2.80. The molecule has 0 unspecified atom stereocenters. The molecule has 0 rings (SSSR count). The van der Waals surface area contributed by atoms with Crippen molar-refractivity contribution in [3.8, 4) is 0 Å². The Kier molecular flexibility index (Phi) is 22.5. The molecule has 0 aromatic rings. The van der Waals surface area contributed by atoms with Gasteiger partial charge in [0.15, 0.2) is 0 Å². The Morgan fingerprint density at radius 3 is 1.34 bits per heavy atom. The van der Waals surface area contributed by atoms with E-state index in [0.717, 1.165) is 50.9 Å². The molecule has 0 heterocycles. The number of ether oxygens (including phenoxy) is 4. The molecular weight excluding hydrogens is 525 g/mol. The monoisotopic (exact) mass is 564 g/mol. The predicted octanol–water partition coefficient (Wildman–Crippen LogP) is 3.66. The van der Waals surface area contributed by atoms with Gasteiger partial charge in [0.2, 0.25) is 0 Å². The van der Waals surface area contributed by atoms with Crippen molar-refractivity contribution in [1.29, 1.82) is 0 Å². The molecule has 0 aliphatic carbocycles. The zero-order chi connectivity index (χ0) is 24.2. The summed E-state index contributed by atoms with van der Waals surface area (Å²) in [6.45, 7) is 1.48. The van der Waals surface area contributed by atoms with Crippen molar-refractivity contribution in [2.75, 3.05) is 55.6 Å². The summed E-state index contributed by atoms with van der Waals surface area (Å²) in [4.78, 5) is 27.8. The lowest BCUT2D eigenvalue weighted by molar-refractivity contribution is -0.0442. The van der Waals surface area contributed by atoms with E-state index in [1.54, 1.807) is 38.2 Å². The van der Waals surface area contributed by atoms with Gasteiger partial charge in [0.25, 0.3) is 10.5 Å². The zero-order valence-corrected chi connectivity index (χ0v) is 26.3. The Bertz CT molecular complexity index is 452. The highest BCUT2D eigenvalue weighted by Crippen LogP contribution is 2.44. The molecule has 0 spiro atoms. The Morgan fingerprint density at radius 1 is 0.688 bits per heavy atom. The summed E-state index contributed by atoms with van der Waals surface area (Å²) in [5.74, 6) is -0.0207. The Balaban J connectivity index is 3.75. The van der Waals surface area contributed by atoms with Crippen molar-refractivity contribution in [3.63, 3.8) is 0 Å². The van der Waals surface area contributed by atoms with Crippen LogP contribution in [0.1, 0.15) is 25.7 Å². The van der Waals surface area contributed by atoms with Crippen molar-refractivity contribution in [2.45, 2.75) is 49.6 Å². The van der Waals surface area contributed by atoms with Gasteiger partial charge in [0, 0.05) is 77.2 Å². The van der Waals surface area contributed by atoms with E-state index in [2.05, 4.69) is 0 Å². The fourth-order valence-electron chi connectivity index (χ4n) is 2.73. The molecule has 8 nitrogen and oxygen atoms in total. The first-order valence-corrected chi connectivity index (χ1v) is 19.1. The number of carbonyl (C=O) groups excluding carboxylic acids is 2. The number of nitrogens with zero attached hydrogens (tertiary/aromatic N) is 2. The summed E-state index contributed by atoms with van der Waals surface area (Å²) in [6, 6.07) is 2.28. The van der Waals surface area contributed by atoms with E-state index in [-0.39, 0.29) is 22.3 Å². The molecule has 0 saturated carbocycles. The summed E-state index contributed by atoms with van der Waals surface area (Å²) >= 11 is 0. The largest absolute Gasteiger partial charge is 0.360 e. The Morgan fingerprint density at radius 2 is 1.03 bits per heavy atom. The first kappa shape index (κ1) is 32.6. The van der Waals surface area contributed by atoms with Crippen LogP contribution < -0.4 is 0 Å². The average molecular weight is 565 g/mol. The molecule has 0 bridgehead atoms. The molecule has 2 amide bonds. The lowest BCUT2D eigenvalue weighted by Gasteiger charge is -2.17. The molecule has 0 saturated heterocycles. The van der Waals surface area contributed by atoms with Gasteiger partial charge in [-0.15, -0.1) is 0 Å². The van der Waals surface area contributed by atoms with Crippen LogP contribution in [-0.4, -0.2) is 107 Å². The molecule has 0 fully saturated rings. The van der Waals surface area contributed by atoms with Crippen LogP contribution in [0.15, 0.2) is 0 Å². The van der Waals surface area contributed by atoms with Gasteiger partial charge in [0.05, 0.1) is 19.0 Å². The van der Waals surface area contributed by atoms with E-state index >= 15 is 0 Å². The summed E-state index contributed by atoms with van der Waals surface area (Å²) < 4.78 is 20.9. The number of rotatable bonds is 19. The quantitative estimate of drug-likeness (QED) is 0.100. The third kappa shape index (κ3) is 17.1. The minimum atomic E-state index is -0.392.